The molecular weight excluding hydrogens is 262 g/mol. The number of likely N-dealkylation sites (tertiary alicyclic amines) is 1. The minimum Gasteiger partial charge on any atom is -0.486 e. The van der Waals surface area contributed by atoms with Crippen molar-refractivity contribution in [2.24, 2.45) is 0 Å². The fourth-order valence-electron chi connectivity index (χ4n) is 3.90. The molecule has 0 aliphatic carbocycles. The van der Waals surface area contributed by atoms with Crippen molar-refractivity contribution < 1.29 is 9.84 Å². The molecule has 1 saturated heterocycles. The number of aryl methyl sites for hydroxylation is 1. The van der Waals surface area contributed by atoms with Gasteiger partial charge in [0.1, 0.15) is 17.5 Å². The summed E-state index contributed by atoms with van der Waals surface area (Å²) in [6.45, 7) is 8.40. The Bertz CT molecular complexity index is 504. The van der Waals surface area contributed by atoms with Gasteiger partial charge in [0.25, 0.3) is 0 Å². The topological polar surface area (TPSA) is 32.7 Å². The van der Waals surface area contributed by atoms with Gasteiger partial charge in [-0.25, -0.2) is 0 Å². The zero-order valence-corrected chi connectivity index (χ0v) is 13.4. The van der Waals surface area contributed by atoms with E-state index in [0.717, 1.165) is 24.4 Å². The van der Waals surface area contributed by atoms with Crippen molar-refractivity contribution in [1.82, 2.24) is 4.90 Å². The van der Waals surface area contributed by atoms with Crippen LogP contribution in [0.5, 0.6) is 5.75 Å². The van der Waals surface area contributed by atoms with Crippen LogP contribution in [-0.4, -0.2) is 34.7 Å². The van der Waals surface area contributed by atoms with Crippen molar-refractivity contribution in [3.63, 3.8) is 0 Å². The second-order valence-corrected chi connectivity index (χ2v) is 7.09. The third-order valence-electron chi connectivity index (χ3n) is 4.90. The van der Waals surface area contributed by atoms with E-state index in [1.165, 1.54) is 31.2 Å². The summed E-state index contributed by atoms with van der Waals surface area (Å²) in [7, 11) is 0. The molecule has 2 atom stereocenters. The van der Waals surface area contributed by atoms with Crippen molar-refractivity contribution in [3.8, 4) is 5.75 Å². The van der Waals surface area contributed by atoms with Crippen molar-refractivity contribution in [1.29, 1.82) is 0 Å². The van der Waals surface area contributed by atoms with Gasteiger partial charge in [-0.15, -0.1) is 0 Å². The molecule has 0 bridgehead atoms. The van der Waals surface area contributed by atoms with E-state index in [1.807, 2.05) is 12.1 Å². The fraction of sp³-hybridized carbons (Fsp3) is 0.667. The smallest absolute Gasteiger partial charge is 0.126 e. The van der Waals surface area contributed by atoms with Gasteiger partial charge in [0.05, 0.1) is 6.04 Å². The summed E-state index contributed by atoms with van der Waals surface area (Å²) in [4.78, 5) is 2.45. The molecule has 0 spiro atoms. The van der Waals surface area contributed by atoms with Gasteiger partial charge in [-0.2, -0.15) is 0 Å². The second-order valence-electron chi connectivity index (χ2n) is 7.09. The Labute approximate surface area is 127 Å². The van der Waals surface area contributed by atoms with Crippen LogP contribution in [0.15, 0.2) is 18.2 Å². The standard InChI is InChI=1S/C18H27NO2/c1-13-8-9-15-14(12-13)16(20)17(18(2,3)21-15)19-10-6-4-5-7-11-19/h8-9,12,16-17,20H,4-7,10-11H2,1-3H3. The molecule has 2 aliphatic rings. The molecule has 1 aromatic rings. The van der Waals surface area contributed by atoms with Crippen molar-refractivity contribution in [3.05, 3.63) is 29.3 Å². The third-order valence-corrected chi connectivity index (χ3v) is 4.90. The van der Waals surface area contributed by atoms with Crippen LogP contribution in [0.25, 0.3) is 0 Å². The Balaban J connectivity index is 1.95. The number of benzene rings is 1. The predicted molar refractivity (Wildman–Crippen MR) is 84.7 cm³/mol. The Kier molecular flexibility index (Phi) is 3.98. The van der Waals surface area contributed by atoms with Gasteiger partial charge in [-0.1, -0.05) is 24.5 Å². The Morgan fingerprint density at radius 3 is 2.48 bits per heavy atom. The summed E-state index contributed by atoms with van der Waals surface area (Å²) >= 11 is 0. The minimum atomic E-state index is -0.471. The molecule has 1 fully saturated rings. The van der Waals surface area contributed by atoms with Crippen LogP contribution in [0.4, 0.5) is 0 Å². The second kappa shape index (κ2) is 5.62. The molecule has 1 N–H and O–H groups in total. The first-order chi connectivity index (χ1) is 9.99. The molecule has 116 valence electrons. The van der Waals surface area contributed by atoms with Gasteiger partial charge >= 0.3 is 0 Å². The maximum atomic E-state index is 11.0. The van der Waals surface area contributed by atoms with Gasteiger partial charge in [-0.05, 0) is 58.8 Å². The SMILES string of the molecule is Cc1ccc2c(c1)C(O)C(N1CCCCCC1)C(C)(C)O2. The maximum Gasteiger partial charge on any atom is 0.126 e. The Morgan fingerprint density at radius 1 is 1.14 bits per heavy atom. The Hall–Kier alpha value is -1.06. The highest BCUT2D eigenvalue weighted by molar-refractivity contribution is 5.42. The van der Waals surface area contributed by atoms with E-state index in [4.69, 9.17) is 4.74 Å². The zero-order chi connectivity index (χ0) is 15.0. The number of fused-ring (bicyclic) bond motifs is 1. The average Bonchev–Trinajstić information content (AvgIpc) is 2.68. The van der Waals surface area contributed by atoms with Crippen LogP contribution >= 0.6 is 0 Å². The van der Waals surface area contributed by atoms with Gasteiger partial charge < -0.3 is 9.84 Å². The molecule has 1 aromatic carbocycles. The molecule has 2 aliphatic heterocycles. The van der Waals surface area contributed by atoms with Gasteiger partial charge in [0.15, 0.2) is 0 Å². The van der Waals surface area contributed by atoms with E-state index >= 15 is 0 Å². The fourth-order valence-corrected chi connectivity index (χ4v) is 3.90. The normalized spacial score (nSPS) is 29.3. The van der Waals surface area contributed by atoms with Crippen molar-refractivity contribution in [2.45, 2.75) is 64.2 Å². The minimum absolute atomic E-state index is 0.0323. The van der Waals surface area contributed by atoms with Gasteiger partial charge in [0, 0.05) is 5.56 Å². The quantitative estimate of drug-likeness (QED) is 0.859. The number of nitrogens with zero attached hydrogens (tertiary/aromatic N) is 1. The summed E-state index contributed by atoms with van der Waals surface area (Å²) in [6.07, 6.45) is 4.58. The first-order valence-corrected chi connectivity index (χ1v) is 8.21. The van der Waals surface area contributed by atoms with Gasteiger partial charge in [0.2, 0.25) is 0 Å². The molecule has 0 aromatic heterocycles. The molecular formula is C18H27NO2. The first-order valence-electron chi connectivity index (χ1n) is 8.21. The summed E-state index contributed by atoms with van der Waals surface area (Å²) in [5.74, 6) is 0.837. The number of ether oxygens (including phenoxy) is 1. The number of aliphatic hydroxyl groups is 1. The lowest BCUT2D eigenvalue weighted by atomic mass is 9.84. The van der Waals surface area contributed by atoms with E-state index in [0.29, 0.717) is 0 Å². The van der Waals surface area contributed by atoms with Crippen LogP contribution < -0.4 is 4.74 Å². The molecule has 0 amide bonds. The Morgan fingerprint density at radius 2 is 1.81 bits per heavy atom. The summed E-state index contributed by atoms with van der Waals surface area (Å²) in [6, 6.07) is 6.15. The van der Waals surface area contributed by atoms with E-state index in [-0.39, 0.29) is 11.6 Å². The van der Waals surface area contributed by atoms with Crippen LogP contribution in [0, 0.1) is 6.92 Å². The van der Waals surface area contributed by atoms with Crippen molar-refractivity contribution in [2.75, 3.05) is 13.1 Å². The van der Waals surface area contributed by atoms with Crippen LogP contribution in [0.2, 0.25) is 0 Å². The monoisotopic (exact) mass is 289 g/mol. The van der Waals surface area contributed by atoms with Crippen LogP contribution in [0.1, 0.15) is 56.8 Å². The molecule has 3 rings (SSSR count). The number of hydrogen-bond acceptors (Lipinski definition) is 3. The molecule has 0 saturated carbocycles. The predicted octanol–water partition coefficient (Wildman–Crippen LogP) is 3.44. The molecule has 0 radical (unpaired) electrons. The maximum absolute atomic E-state index is 11.0. The molecule has 21 heavy (non-hydrogen) atoms. The average molecular weight is 289 g/mol. The largest absolute Gasteiger partial charge is 0.486 e. The molecule has 2 heterocycles. The number of aliphatic hydroxyl groups excluding tert-OH is 1. The highest BCUT2D eigenvalue weighted by Crippen LogP contribution is 2.42. The highest BCUT2D eigenvalue weighted by atomic mass is 16.5. The van der Waals surface area contributed by atoms with Crippen molar-refractivity contribution >= 4 is 0 Å². The van der Waals surface area contributed by atoms with Crippen LogP contribution in [-0.2, 0) is 0 Å². The van der Waals surface area contributed by atoms with E-state index in [9.17, 15) is 5.11 Å². The molecule has 3 nitrogen and oxygen atoms in total. The lowest BCUT2D eigenvalue weighted by Gasteiger charge is -2.48. The lowest BCUT2D eigenvalue weighted by Crippen LogP contribution is -2.58. The van der Waals surface area contributed by atoms with Crippen LogP contribution in [0.3, 0.4) is 0 Å². The summed E-state index contributed by atoms with van der Waals surface area (Å²) < 4.78 is 6.25. The van der Waals surface area contributed by atoms with Gasteiger partial charge in [-0.3, -0.25) is 4.90 Å². The summed E-state index contributed by atoms with van der Waals surface area (Å²) in [5.41, 5.74) is 1.75. The lowest BCUT2D eigenvalue weighted by molar-refractivity contribution is -0.0818. The van der Waals surface area contributed by atoms with E-state index in [1.54, 1.807) is 0 Å². The molecule has 2 unspecified atom stereocenters. The van der Waals surface area contributed by atoms with E-state index < -0.39 is 6.10 Å². The first kappa shape index (κ1) is 14.9. The number of hydrogen-bond donors (Lipinski definition) is 1. The number of rotatable bonds is 1. The third kappa shape index (κ3) is 2.82. The zero-order valence-electron chi connectivity index (χ0n) is 13.4. The molecule has 3 heteroatoms. The summed E-state index contributed by atoms with van der Waals surface area (Å²) in [5, 5.41) is 11.0. The van der Waals surface area contributed by atoms with E-state index in [2.05, 4.69) is 31.7 Å². The highest BCUT2D eigenvalue weighted by Gasteiger charge is 2.46.